The van der Waals surface area contributed by atoms with Gasteiger partial charge in [-0.1, -0.05) is 17.7 Å². The molecule has 4 heterocycles. The molecular weight excluding hydrogens is 438 g/mol. The van der Waals surface area contributed by atoms with Gasteiger partial charge in [-0.3, -0.25) is 4.79 Å². The normalized spacial score (nSPS) is 14.0. The van der Waals surface area contributed by atoms with Crippen molar-refractivity contribution in [2.24, 2.45) is 0 Å². The minimum Gasteiger partial charge on any atom is -0.487 e. The second-order valence-electron chi connectivity index (χ2n) is 8.08. The van der Waals surface area contributed by atoms with Crippen LogP contribution in [-0.4, -0.2) is 51.4 Å². The molecule has 1 amide bonds. The van der Waals surface area contributed by atoms with E-state index in [-0.39, 0.29) is 5.91 Å². The lowest BCUT2D eigenvalue weighted by Gasteiger charge is -2.35. The van der Waals surface area contributed by atoms with Crippen LogP contribution in [-0.2, 0) is 6.61 Å². The molecule has 7 nitrogen and oxygen atoms in total. The van der Waals surface area contributed by atoms with Crippen molar-refractivity contribution in [3.63, 3.8) is 0 Å². The number of hydrogen-bond acceptors (Lipinski definition) is 5. The zero-order valence-electron chi connectivity index (χ0n) is 18.3. The molecule has 33 heavy (non-hydrogen) atoms. The molecule has 1 aromatic carbocycles. The summed E-state index contributed by atoms with van der Waals surface area (Å²) in [5.41, 5.74) is 3.57. The highest BCUT2D eigenvalue weighted by Crippen LogP contribution is 2.19. The quantitative estimate of drug-likeness (QED) is 0.445. The smallest absolute Gasteiger partial charge is 0.253 e. The Morgan fingerprint density at radius 3 is 2.55 bits per heavy atom. The molecule has 4 aromatic rings. The summed E-state index contributed by atoms with van der Waals surface area (Å²) in [4.78, 5) is 26.0. The number of hydrogen-bond donors (Lipinski definition) is 0. The van der Waals surface area contributed by atoms with Crippen molar-refractivity contribution in [3.05, 3.63) is 89.0 Å². The lowest BCUT2D eigenvalue weighted by atomic mass is 10.1. The van der Waals surface area contributed by atoms with Gasteiger partial charge in [-0.05, 0) is 55.0 Å². The Kier molecular flexibility index (Phi) is 5.88. The Morgan fingerprint density at radius 1 is 1.06 bits per heavy atom. The van der Waals surface area contributed by atoms with E-state index in [2.05, 4.69) is 14.9 Å². The van der Waals surface area contributed by atoms with Gasteiger partial charge >= 0.3 is 0 Å². The standard InChI is InChI=1S/C25H24ClN5O2/c1-18-3-2-10-31-16-21(28-24(18)31)17-33-22-7-4-19(5-8-22)25(32)30-13-11-29(12-14-30)23-9-6-20(26)15-27-23/h2-10,15-16H,11-14,17H2,1H3. The van der Waals surface area contributed by atoms with Gasteiger partial charge in [0.05, 0.1) is 10.7 Å². The first-order valence-corrected chi connectivity index (χ1v) is 11.3. The van der Waals surface area contributed by atoms with Crippen LogP contribution in [0.2, 0.25) is 5.02 Å². The SMILES string of the molecule is Cc1cccn2cc(COc3ccc(C(=O)N4CCN(c5ccc(Cl)cn5)CC4)cc3)nc12. The maximum absolute atomic E-state index is 12.9. The number of pyridine rings is 2. The highest BCUT2D eigenvalue weighted by atomic mass is 35.5. The third-order valence-corrected chi connectivity index (χ3v) is 6.04. The molecule has 5 rings (SSSR count). The fraction of sp³-hybridized carbons (Fsp3) is 0.240. The Labute approximate surface area is 197 Å². The lowest BCUT2D eigenvalue weighted by Crippen LogP contribution is -2.49. The van der Waals surface area contributed by atoms with Crippen LogP contribution in [0.15, 0.2) is 67.1 Å². The molecule has 0 N–H and O–H groups in total. The van der Waals surface area contributed by atoms with E-state index in [0.29, 0.717) is 36.0 Å². The number of halogens is 1. The largest absolute Gasteiger partial charge is 0.487 e. The molecule has 0 saturated carbocycles. The van der Waals surface area contributed by atoms with E-state index in [0.717, 1.165) is 35.8 Å². The van der Waals surface area contributed by atoms with E-state index in [1.54, 1.807) is 6.20 Å². The van der Waals surface area contributed by atoms with Crippen LogP contribution in [0.5, 0.6) is 5.75 Å². The first-order valence-electron chi connectivity index (χ1n) is 10.9. The molecule has 3 aromatic heterocycles. The molecule has 0 bridgehead atoms. The Bertz CT molecular complexity index is 1260. The van der Waals surface area contributed by atoms with E-state index in [9.17, 15) is 4.79 Å². The molecule has 0 aliphatic carbocycles. The molecule has 0 atom stereocenters. The van der Waals surface area contributed by atoms with Crippen molar-refractivity contribution in [2.45, 2.75) is 13.5 Å². The van der Waals surface area contributed by atoms with Crippen LogP contribution in [0.3, 0.4) is 0 Å². The Hall–Kier alpha value is -3.58. The zero-order chi connectivity index (χ0) is 22.8. The third-order valence-electron chi connectivity index (χ3n) is 5.82. The highest BCUT2D eigenvalue weighted by molar-refractivity contribution is 6.30. The second-order valence-corrected chi connectivity index (χ2v) is 8.52. The van der Waals surface area contributed by atoms with Crippen molar-refractivity contribution in [3.8, 4) is 5.75 Å². The molecule has 0 unspecified atom stereocenters. The first-order chi connectivity index (χ1) is 16.1. The van der Waals surface area contributed by atoms with Crippen LogP contribution in [0.1, 0.15) is 21.6 Å². The van der Waals surface area contributed by atoms with Gasteiger partial charge < -0.3 is 18.9 Å². The van der Waals surface area contributed by atoms with E-state index < -0.39 is 0 Å². The molecule has 0 spiro atoms. The van der Waals surface area contributed by atoms with Crippen molar-refractivity contribution < 1.29 is 9.53 Å². The number of aryl methyl sites for hydroxylation is 1. The van der Waals surface area contributed by atoms with Crippen molar-refractivity contribution >= 4 is 29.0 Å². The molecule has 8 heteroatoms. The number of imidazole rings is 1. The Balaban J connectivity index is 1.16. The van der Waals surface area contributed by atoms with Gasteiger partial charge in [-0.2, -0.15) is 0 Å². The molecular formula is C25H24ClN5O2. The van der Waals surface area contributed by atoms with Crippen molar-refractivity contribution in [2.75, 3.05) is 31.1 Å². The predicted octanol–water partition coefficient (Wildman–Crippen LogP) is 4.23. The van der Waals surface area contributed by atoms with Crippen LogP contribution >= 0.6 is 11.6 Å². The van der Waals surface area contributed by atoms with Gasteiger partial charge in [-0.15, -0.1) is 0 Å². The number of aromatic nitrogens is 3. The minimum atomic E-state index is 0.0288. The summed E-state index contributed by atoms with van der Waals surface area (Å²) in [5.74, 6) is 1.62. The maximum Gasteiger partial charge on any atom is 0.253 e. The summed E-state index contributed by atoms with van der Waals surface area (Å²) in [6.45, 7) is 5.18. The van der Waals surface area contributed by atoms with Gasteiger partial charge in [0.25, 0.3) is 5.91 Å². The van der Waals surface area contributed by atoms with Gasteiger partial charge in [0.15, 0.2) is 0 Å². The summed E-state index contributed by atoms with van der Waals surface area (Å²) < 4.78 is 7.89. The molecule has 0 radical (unpaired) electrons. The predicted molar refractivity (Wildman–Crippen MR) is 128 cm³/mol. The molecule has 1 saturated heterocycles. The topological polar surface area (TPSA) is 63.0 Å². The summed E-state index contributed by atoms with van der Waals surface area (Å²) in [5, 5.41) is 0.619. The van der Waals surface area contributed by atoms with Gasteiger partial charge in [0, 0.05) is 50.3 Å². The number of ether oxygens (including phenoxy) is 1. The number of anilines is 1. The zero-order valence-corrected chi connectivity index (χ0v) is 19.1. The Morgan fingerprint density at radius 2 is 1.85 bits per heavy atom. The van der Waals surface area contributed by atoms with E-state index in [4.69, 9.17) is 16.3 Å². The summed E-state index contributed by atoms with van der Waals surface area (Å²) >= 11 is 5.92. The monoisotopic (exact) mass is 461 g/mol. The fourth-order valence-electron chi connectivity index (χ4n) is 4.00. The number of piperazine rings is 1. The maximum atomic E-state index is 12.9. The molecule has 1 aliphatic heterocycles. The van der Waals surface area contributed by atoms with E-state index in [1.807, 2.05) is 77.1 Å². The van der Waals surface area contributed by atoms with Crippen LogP contribution in [0, 0.1) is 6.92 Å². The summed E-state index contributed by atoms with van der Waals surface area (Å²) in [6, 6.07) is 15.1. The summed E-state index contributed by atoms with van der Waals surface area (Å²) in [6.07, 6.45) is 5.60. The molecule has 1 aliphatic rings. The van der Waals surface area contributed by atoms with Gasteiger partial charge in [0.2, 0.25) is 0 Å². The van der Waals surface area contributed by atoms with Crippen molar-refractivity contribution in [1.29, 1.82) is 0 Å². The van der Waals surface area contributed by atoms with Gasteiger partial charge in [0.1, 0.15) is 23.8 Å². The first kappa shape index (κ1) is 21.3. The number of benzene rings is 1. The third kappa shape index (κ3) is 4.64. The second kappa shape index (κ2) is 9.11. The van der Waals surface area contributed by atoms with Crippen LogP contribution in [0.4, 0.5) is 5.82 Å². The van der Waals surface area contributed by atoms with E-state index >= 15 is 0 Å². The van der Waals surface area contributed by atoms with Crippen molar-refractivity contribution in [1.82, 2.24) is 19.3 Å². The van der Waals surface area contributed by atoms with Gasteiger partial charge in [-0.25, -0.2) is 9.97 Å². The summed E-state index contributed by atoms with van der Waals surface area (Å²) in [7, 11) is 0. The molecule has 168 valence electrons. The number of carbonyl (C=O) groups excluding carboxylic acids is 1. The number of nitrogens with zero attached hydrogens (tertiary/aromatic N) is 5. The number of amides is 1. The average Bonchev–Trinajstić information content (AvgIpc) is 3.28. The van der Waals surface area contributed by atoms with Crippen LogP contribution < -0.4 is 9.64 Å². The number of carbonyl (C=O) groups is 1. The average molecular weight is 462 g/mol. The minimum absolute atomic E-state index is 0.0288. The fourth-order valence-corrected chi connectivity index (χ4v) is 4.11. The lowest BCUT2D eigenvalue weighted by molar-refractivity contribution is 0.0746. The van der Waals surface area contributed by atoms with E-state index in [1.165, 1.54) is 0 Å². The molecule has 1 fully saturated rings. The van der Waals surface area contributed by atoms with Crippen LogP contribution in [0.25, 0.3) is 5.65 Å². The number of fused-ring (bicyclic) bond motifs is 1. The highest BCUT2D eigenvalue weighted by Gasteiger charge is 2.23. The number of rotatable bonds is 5.